The fourth-order valence-corrected chi connectivity index (χ4v) is 1.44. The van der Waals surface area contributed by atoms with Crippen molar-refractivity contribution in [2.75, 3.05) is 13.1 Å². The number of nitrogens with two attached hydrogens (primary N) is 1. The molecule has 3 heteroatoms. The molecule has 0 aliphatic heterocycles. The van der Waals surface area contributed by atoms with Crippen molar-refractivity contribution < 1.29 is 4.79 Å². The lowest BCUT2D eigenvalue weighted by molar-refractivity contribution is -0.114. The van der Waals surface area contributed by atoms with Crippen LogP contribution in [0.3, 0.4) is 0 Å². The van der Waals surface area contributed by atoms with Crippen molar-refractivity contribution in [2.24, 2.45) is 5.73 Å². The number of rotatable bonds is 6. The Morgan fingerprint density at radius 3 is 2.29 bits per heavy atom. The highest BCUT2D eigenvalue weighted by Crippen LogP contribution is 2.05. The number of hydrogen-bond acceptors (Lipinski definition) is 2. The fourth-order valence-electron chi connectivity index (χ4n) is 1.44. The second-order valence-electron chi connectivity index (χ2n) is 3.56. The van der Waals surface area contributed by atoms with E-state index in [1.807, 2.05) is 6.08 Å². The van der Waals surface area contributed by atoms with Gasteiger partial charge in [0.25, 0.3) is 0 Å². The zero-order valence-electron chi connectivity index (χ0n) is 9.71. The van der Waals surface area contributed by atoms with Crippen molar-refractivity contribution in [3.8, 4) is 0 Å². The molecule has 0 saturated heterocycles. The van der Waals surface area contributed by atoms with Gasteiger partial charge in [-0.2, -0.15) is 0 Å². The van der Waals surface area contributed by atoms with Crippen LogP contribution in [0.2, 0.25) is 0 Å². The Balaban J connectivity index is 4.12. The van der Waals surface area contributed by atoms with E-state index >= 15 is 0 Å². The quantitative estimate of drug-likeness (QED) is 0.658. The summed E-state index contributed by atoms with van der Waals surface area (Å²) in [6.07, 6.45) is 2.81. The molecule has 0 spiro atoms. The normalized spacial score (nSPS) is 14.5. The summed E-state index contributed by atoms with van der Waals surface area (Å²) in [6, 6.07) is 0.472. The highest BCUT2D eigenvalue weighted by Gasteiger charge is 2.08. The van der Waals surface area contributed by atoms with Crippen molar-refractivity contribution in [2.45, 2.75) is 40.2 Å². The molecule has 2 N–H and O–H groups in total. The predicted octanol–water partition coefficient (Wildman–Crippen LogP) is 1.54. The smallest absolute Gasteiger partial charge is 0.244 e. The van der Waals surface area contributed by atoms with E-state index in [2.05, 4.69) is 25.7 Å². The summed E-state index contributed by atoms with van der Waals surface area (Å²) < 4.78 is 0. The second-order valence-corrected chi connectivity index (χ2v) is 3.56. The maximum Gasteiger partial charge on any atom is 0.244 e. The summed E-state index contributed by atoms with van der Waals surface area (Å²) in [5.41, 5.74) is 5.80. The molecule has 1 amide bonds. The average molecular weight is 198 g/mol. The minimum absolute atomic E-state index is 0.322. The first kappa shape index (κ1) is 13.2. The molecule has 82 valence electrons. The number of nitrogens with zero attached hydrogens (tertiary/aromatic N) is 1. The second kappa shape index (κ2) is 6.60. The fraction of sp³-hybridized carbons (Fsp3) is 0.727. The number of carbonyl (C=O) groups is 1. The highest BCUT2D eigenvalue weighted by atomic mass is 16.1. The summed E-state index contributed by atoms with van der Waals surface area (Å²) in [4.78, 5) is 13.1. The first-order valence-electron chi connectivity index (χ1n) is 5.23. The van der Waals surface area contributed by atoms with Crippen molar-refractivity contribution >= 4 is 5.91 Å². The van der Waals surface area contributed by atoms with Gasteiger partial charge in [-0.05, 0) is 33.4 Å². The third kappa shape index (κ3) is 4.42. The molecule has 0 rings (SSSR count). The van der Waals surface area contributed by atoms with Gasteiger partial charge in [0.1, 0.15) is 0 Å². The van der Waals surface area contributed by atoms with E-state index in [1.165, 1.54) is 0 Å². The predicted molar refractivity (Wildman–Crippen MR) is 60.0 cm³/mol. The first-order valence-corrected chi connectivity index (χ1v) is 5.23. The van der Waals surface area contributed by atoms with Gasteiger partial charge in [0, 0.05) is 11.6 Å². The number of hydrogen-bond donors (Lipinski definition) is 1. The number of carbonyl (C=O) groups excluding carboxylic acids is 1. The van der Waals surface area contributed by atoms with Crippen LogP contribution in [0, 0.1) is 0 Å². The Hall–Kier alpha value is -0.830. The summed E-state index contributed by atoms with van der Waals surface area (Å²) in [5.74, 6) is -0.322. The standard InChI is InChI=1S/C11H22N2O/c1-5-13(6-2)10(4)8-7-9(3)11(12)14/h7,10H,5-6,8H2,1-4H3,(H2,12,14)/b9-7+. The van der Waals surface area contributed by atoms with Crippen LogP contribution >= 0.6 is 0 Å². The van der Waals surface area contributed by atoms with Gasteiger partial charge in [-0.1, -0.05) is 19.9 Å². The van der Waals surface area contributed by atoms with Crippen molar-refractivity contribution in [1.82, 2.24) is 4.90 Å². The third-order valence-corrected chi connectivity index (χ3v) is 2.59. The molecule has 0 aromatic heterocycles. The molecular formula is C11H22N2O. The maximum absolute atomic E-state index is 10.8. The first-order chi connectivity index (χ1) is 6.52. The molecule has 0 heterocycles. The zero-order valence-corrected chi connectivity index (χ0v) is 9.71. The minimum atomic E-state index is -0.322. The minimum Gasteiger partial charge on any atom is -0.366 e. The summed E-state index contributed by atoms with van der Waals surface area (Å²) >= 11 is 0. The molecular weight excluding hydrogens is 176 g/mol. The molecule has 1 unspecified atom stereocenters. The van der Waals surface area contributed by atoms with Crippen LogP contribution in [0.1, 0.15) is 34.1 Å². The molecule has 0 radical (unpaired) electrons. The topological polar surface area (TPSA) is 46.3 Å². The van der Waals surface area contributed by atoms with E-state index in [9.17, 15) is 4.79 Å². The molecule has 0 aromatic carbocycles. The van der Waals surface area contributed by atoms with Crippen LogP contribution < -0.4 is 5.73 Å². The van der Waals surface area contributed by atoms with Gasteiger partial charge in [-0.25, -0.2) is 0 Å². The van der Waals surface area contributed by atoms with E-state index < -0.39 is 0 Å². The van der Waals surface area contributed by atoms with Crippen LogP contribution in [0.5, 0.6) is 0 Å². The van der Waals surface area contributed by atoms with E-state index in [0.717, 1.165) is 19.5 Å². The van der Waals surface area contributed by atoms with E-state index in [4.69, 9.17) is 5.73 Å². The lowest BCUT2D eigenvalue weighted by atomic mass is 10.1. The number of amides is 1. The molecule has 0 fully saturated rings. The number of primary amides is 1. The summed E-state index contributed by atoms with van der Waals surface area (Å²) in [6.45, 7) is 10.3. The summed E-state index contributed by atoms with van der Waals surface area (Å²) in [7, 11) is 0. The van der Waals surface area contributed by atoms with Crippen molar-refractivity contribution in [3.63, 3.8) is 0 Å². The van der Waals surface area contributed by atoms with Crippen LogP contribution in [0.4, 0.5) is 0 Å². The Labute approximate surface area is 87.0 Å². The molecule has 0 bridgehead atoms. The van der Waals surface area contributed by atoms with Crippen LogP contribution in [0.15, 0.2) is 11.6 Å². The molecule has 0 aliphatic rings. The van der Waals surface area contributed by atoms with Gasteiger partial charge in [0.2, 0.25) is 5.91 Å². The third-order valence-electron chi connectivity index (χ3n) is 2.59. The molecule has 3 nitrogen and oxygen atoms in total. The highest BCUT2D eigenvalue weighted by molar-refractivity contribution is 5.91. The van der Waals surface area contributed by atoms with E-state index in [0.29, 0.717) is 11.6 Å². The average Bonchev–Trinajstić information content (AvgIpc) is 2.15. The SMILES string of the molecule is CCN(CC)C(C)C/C=C(\C)C(N)=O. The maximum atomic E-state index is 10.8. The van der Waals surface area contributed by atoms with Crippen molar-refractivity contribution in [3.05, 3.63) is 11.6 Å². The van der Waals surface area contributed by atoms with Crippen LogP contribution in [0.25, 0.3) is 0 Å². The largest absolute Gasteiger partial charge is 0.366 e. The van der Waals surface area contributed by atoms with E-state index in [1.54, 1.807) is 6.92 Å². The molecule has 0 aliphatic carbocycles. The van der Waals surface area contributed by atoms with Gasteiger partial charge in [0.15, 0.2) is 0 Å². The molecule has 0 saturated carbocycles. The molecule has 14 heavy (non-hydrogen) atoms. The zero-order chi connectivity index (χ0) is 11.1. The van der Waals surface area contributed by atoms with E-state index in [-0.39, 0.29) is 5.91 Å². The van der Waals surface area contributed by atoms with Gasteiger partial charge in [0.05, 0.1) is 0 Å². The summed E-state index contributed by atoms with van der Waals surface area (Å²) in [5, 5.41) is 0. The molecule has 0 aromatic rings. The monoisotopic (exact) mass is 198 g/mol. The Morgan fingerprint density at radius 2 is 1.93 bits per heavy atom. The van der Waals surface area contributed by atoms with Gasteiger partial charge in [-0.15, -0.1) is 0 Å². The van der Waals surface area contributed by atoms with Crippen LogP contribution in [-0.2, 0) is 4.79 Å². The Morgan fingerprint density at radius 1 is 1.43 bits per heavy atom. The molecule has 1 atom stereocenters. The lowest BCUT2D eigenvalue weighted by Gasteiger charge is -2.25. The van der Waals surface area contributed by atoms with Gasteiger partial charge < -0.3 is 10.6 Å². The van der Waals surface area contributed by atoms with Gasteiger partial charge >= 0.3 is 0 Å². The Kier molecular flexibility index (Phi) is 6.21. The van der Waals surface area contributed by atoms with Crippen molar-refractivity contribution in [1.29, 1.82) is 0 Å². The lowest BCUT2D eigenvalue weighted by Crippen LogP contribution is -2.32. The van der Waals surface area contributed by atoms with Gasteiger partial charge in [-0.3, -0.25) is 4.79 Å². The van der Waals surface area contributed by atoms with Crippen LogP contribution in [-0.4, -0.2) is 29.9 Å². The Bertz CT molecular complexity index is 207.